The molecule has 5 rings (SSSR count). The van der Waals surface area contributed by atoms with Crippen LogP contribution >= 0.6 is 0 Å². The lowest BCUT2D eigenvalue weighted by atomic mass is 9.88. The molecule has 2 aliphatic rings. The van der Waals surface area contributed by atoms with Gasteiger partial charge >= 0.3 is 0 Å². The Morgan fingerprint density at radius 1 is 0.927 bits per heavy atom. The predicted molar refractivity (Wildman–Crippen MR) is 155 cm³/mol. The summed E-state index contributed by atoms with van der Waals surface area (Å²) in [6.45, 7) is 8.25. The molecule has 0 unspecified atom stereocenters. The Kier molecular flexibility index (Phi) is 8.85. The van der Waals surface area contributed by atoms with Gasteiger partial charge in [0.1, 0.15) is 11.5 Å². The molecule has 1 amide bonds. The van der Waals surface area contributed by atoms with E-state index in [2.05, 4.69) is 32.7 Å². The van der Waals surface area contributed by atoms with Gasteiger partial charge in [-0.15, -0.1) is 0 Å². The van der Waals surface area contributed by atoms with E-state index in [1.165, 1.54) is 17.7 Å². The number of nitriles is 1. The summed E-state index contributed by atoms with van der Waals surface area (Å²) in [6.07, 6.45) is 4.84. The Morgan fingerprint density at radius 2 is 1.59 bits per heavy atom. The monoisotopic (exact) mass is 551 g/mol. The maximum Gasteiger partial charge on any atom is 0.270 e. The number of hydrogen-bond donors (Lipinski definition) is 1. The maximum absolute atomic E-state index is 13.2. The molecule has 3 aromatic rings. The van der Waals surface area contributed by atoms with E-state index in [0.29, 0.717) is 42.8 Å². The van der Waals surface area contributed by atoms with Crippen molar-refractivity contribution in [2.45, 2.75) is 38.3 Å². The number of pyridine rings is 1. The summed E-state index contributed by atoms with van der Waals surface area (Å²) in [5, 5.41) is 12.1. The first-order chi connectivity index (χ1) is 19.9. The number of amides is 1. The molecule has 3 heterocycles. The molecule has 0 bridgehead atoms. The van der Waals surface area contributed by atoms with E-state index < -0.39 is 0 Å². The minimum atomic E-state index is -0.345. The molecule has 210 valence electrons. The molecule has 2 saturated heterocycles. The maximum atomic E-state index is 13.2. The standard InChI is InChI=1S/C33H34FN5O2/c1-23(39-18-12-27(13-19-39)32(40)26-6-9-29(34)10-7-26)28-8-11-31(36-21-28)33(41)37-30-14-16-38(17-15-30)22-25-4-2-24(20-35)3-5-25/h2-11,21,27,30H,1,12-19,22H2,(H,37,41). The molecule has 0 spiro atoms. The van der Waals surface area contributed by atoms with Crippen LogP contribution in [0.25, 0.3) is 5.70 Å². The van der Waals surface area contributed by atoms with Gasteiger partial charge in [0.15, 0.2) is 5.78 Å². The zero-order valence-corrected chi connectivity index (χ0v) is 23.1. The van der Waals surface area contributed by atoms with Crippen LogP contribution in [0.15, 0.2) is 73.4 Å². The average molecular weight is 552 g/mol. The first-order valence-electron chi connectivity index (χ1n) is 14.1. The molecule has 2 aromatic carbocycles. The van der Waals surface area contributed by atoms with Gasteiger partial charge in [-0.05, 0) is 79.8 Å². The van der Waals surface area contributed by atoms with E-state index in [1.807, 2.05) is 30.3 Å². The molecule has 1 aromatic heterocycles. The number of ketones is 1. The molecule has 0 atom stereocenters. The number of nitrogens with zero attached hydrogens (tertiary/aromatic N) is 4. The highest BCUT2D eigenvalue weighted by Gasteiger charge is 2.27. The highest BCUT2D eigenvalue weighted by Crippen LogP contribution is 2.27. The number of piperidine rings is 2. The van der Waals surface area contributed by atoms with Crippen LogP contribution in [0.4, 0.5) is 4.39 Å². The van der Waals surface area contributed by atoms with Crippen LogP contribution in [0.3, 0.4) is 0 Å². The zero-order valence-electron chi connectivity index (χ0n) is 23.1. The number of aromatic nitrogens is 1. The number of rotatable bonds is 8. The van der Waals surface area contributed by atoms with Crippen LogP contribution < -0.4 is 5.32 Å². The van der Waals surface area contributed by atoms with Gasteiger partial charge in [-0.3, -0.25) is 19.5 Å². The summed E-state index contributed by atoms with van der Waals surface area (Å²) in [5.41, 5.74) is 4.45. The molecule has 1 N–H and O–H groups in total. The van der Waals surface area contributed by atoms with Crippen LogP contribution in [-0.4, -0.2) is 58.7 Å². The van der Waals surface area contributed by atoms with Crippen molar-refractivity contribution in [1.29, 1.82) is 5.26 Å². The number of carbonyl (C=O) groups excluding carboxylic acids is 2. The van der Waals surface area contributed by atoms with Gasteiger partial charge in [-0.25, -0.2) is 4.39 Å². The second-order valence-corrected chi connectivity index (χ2v) is 10.8. The quantitative estimate of drug-likeness (QED) is 0.394. The van der Waals surface area contributed by atoms with Crippen molar-refractivity contribution in [1.82, 2.24) is 20.1 Å². The molecule has 2 aliphatic heterocycles. The molecule has 2 fully saturated rings. The highest BCUT2D eigenvalue weighted by atomic mass is 19.1. The highest BCUT2D eigenvalue weighted by molar-refractivity contribution is 5.98. The summed E-state index contributed by atoms with van der Waals surface area (Å²) in [7, 11) is 0. The van der Waals surface area contributed by atoms with Gasteiger partial charge in [0, 0.05) is 67.7 Å². The number of benzene rings is 2. The molecule has 7 nitrogen and oxygen atoms in total. The van der Waals surface area contributed by atoms with Crippen molar-refractivity contribution in [3.63, 3.8) is 0 Å². The van der Waals surface area contributed by atoms with Crippen molar-refractivity contribution in [3.8, 4) is 6.07 Å². The lowest BCUT2D eigenvalue weighted by molar-refractivity contribution is 0.0868. The van der Waals surface area contributed by atoms with Gasteiger partial charge in [0.25, 0.3) is 5.91 Å². The zero-order chi connectivity index (χ0) is 28.8. The van der Waals surface area contributed by atoms with E-state index in [0.717, 1.165) is 43.7 Å². The Bertz CT molecular complexity index is 1410. The second-order valence-electron chi connectivity index (χ2n) is 10.8. The van der Waals surface area contributed by atoms with Crippen molar-refractivity contribution in [2.75, 3.05) is 26.2 Å². The number of carbonyl (C=O) groups is 2. The number of likely N-dealkylation sites (tertiary alicyclic amines) is 2. The minimum Gasteiger partial charge on any atom is -0.371 e. The lowest BCUT2D eigenvalue weighted by Gasteiger charge is -2.34. The number of halogens is 1. The average Bonchev–Trinajstić information content (AvgIpc) is 3.02. The molecule has 0 radical (unpaired) electrons. The summed E-state index contributed by atoms with van der Waals surface area (Å²) in [6, 6.07) is 19.3. The third-order valence-electron chi connectivity index (χ3n) is 8.12. The van der Waals surface area contributed by atoms with Crippen LogP contribution in [-0.2, 0) is 6.54 Å². The molecule has 8 heteroatoms. The van der Waals surface area contributed by atoms with E-state index >= 15 is 0 Å². The lowest BCUT2D eigenvalue weighted by Crippen LogP contribution is -2.44. The fourth-order valence-corrected chi connectivity index (χ4v) is 5.58. The summed E-state index contributed by atoms with van der Waals surface area (Å²) < 4.78 is 13.2. The number of nitrogens with one attached hydrogen (secondary N) is 1. The molecule has 0 aliphatic carbocycles. The van der Waals surface area contributed by atoms with Gasteiger partial charge in [-0.2, -0.15) is 5.26 Å². The topological polar surface area (TPSA) is 89.3 Å². The molecular formula is C33H34FN5O2. The smallest absolute Gasteiger partial charge is 0.270 e. The fourth-order valence-electron chi connectivity index (χ4n) is 5.58. The number of hydrogen-bond acceptors (Lipinski definition) is 6. The summed E-state index contributed by atoms with van der Waals surface area (Å²) in [5.74, 6) is -0.545. The van der Waals surface area contributed by atoms with E-state index in [9.17, 15) is 14.0 Å². The van der Waals surface area contributed by atoms with Crippen molar-refractivity contribution >= 4 is 17.4 Å². The predicted octanol–water partition coefficient (Wildman–Crippen LogP) is 5.05. The summed E-state index contributed by atoms with van der Waals surface area (Å²) >= 11 is 0. The first kappa shape index (κ1) is 28.2. The fraction of sp³-hybridized carbons (Fsp3) is 0.333. The largest absolute Gasteiger partial charge is 0.371 e. The van der Waals surface area contributed by atoms with Crippen LogP contribution in [0.5, 0.6) is 0 Å². The van der Waals surface area contributed by atoms with Crippen molar-refractivity contribution in [2.24, 2.45) is 5.92 Å². The first-order valence-corrected chi connectivity index (χ1v) is 14.1. The van der Waals surface area contributed by atoms with Crippen LogP contribution in [0.2, 0.25) is 0 Å². The minimum absolute atomic E-state index is 0.0595. The normalized spacial score (nSPS) is 16.6. The van der Waals surface area contributed by atoms with Gasteiger partial charge in [-0.1, -0.05) is 18.7 Å². The van der Waals surface area contributed by atoms with Gasteiger partial charge in [0.05, 0.1) is 11.6 Å². The van der Waals surface area contributed by atoms with E-state index in [1.54, 1.807) is 24.4 Å². The van der Waals surface area contributed by atoms with Gasteiger partial charge < -0.3 is 10.2 Å². The summed E-state index contributed by atoms with van der Waals surface area (Å²) in [4.78, 5) is 34.6. The molecule has 0 saturated carbocycles. The second kappa shape index (κ2) is 12.9. The van der Waals surface area contributed by atoms with E-state index in [4.69, 9.17) is 5.26 Å². The van der Waals surface area contributed by atoms with Crippen molar-refractivity contribution < 1.29 is 14.0 Å². The molecule has 41 heavy (non-hydrogen) atoms. The van der Waals surface area contributed by atoms with E-state index in [-0.39, 0.29) is 29.5 Å². The Balaban J connectivity index is 1.07. The Morgan fingerprint density at radius 3 is 2.20 bits per heavy atom. The van der Waals surface area contributed by atoms with Gasteiger partial charge in [0.2, 0.25) is 0 Å². The SMILES string of the molecule is C=C(c1ccc(C(=O)NC2CCN(Cc3ccc(C#N)cc3)CC2)nc1)N1CCC(C(=O)c2ccc(F)cc2)CC1. The Labute approximate surface area is 240 Å². The third kappa shape index (κ3) is 7.05. The third-order valence-corrected chi connectivity index (χ3v) is 8.12. The van der Waals surface area contributed by atoms with Crippen molar-refractivity contribution in [3.05, 3.63) is 107 Å². The molecular weight excluding hydrogens is 517 g/mol. The Hall–Kier alpha value is -4.35. The number of Topliss-reactive ketones (excluding diaryl/α,β-unsaturated/α-hetero) is 1. The van der Waals surface area contributed by atoms with Crippen LogP contribution in [0, 0.1) is 23.1 Å². The van der Waals surface area contributed by atoms with Crippen LogP contribution in [0.1, 0.15) is 63.2 Å².